The van der Waals surface area contributed by atoms with Crippen LogP contribution in [-0.4, -0.2) is 15.4 Å². The van der Waals surface area contributed by atoms with Gasteiger partial charge in [-0.3, -0.25) is 9.78 Å². The summed E-state index contributed by atoms with van der Waals surface area (Å²) in [6, 6.07) is 9.90. The summed E-state index contributed by atoms with van der Waals surface area (Å²) < 4.78 is 1.72. The second kappa shape index (κ2) is 6.02. The SMILES string of the molecule is Cc1nc(Cc2ccccc2)c(=O)n(CCCl)c1C. The standard InChI is InChI=1S/C15H17ClN2O/c1-11-12(2)18(9-8-16)15(19)14(17-11)10-13-6-4-3-5-7-13/h3-7H,8-10H2,1-2H3. The molecule has 4 heteroatoms. The average Bonchev–Trinajstić information content (AvgIpc) is 2.42. The van der Waals surface area contributed by atoms with Crippen molar-refractivity contribution in [1.82, 2.24) is 9.55 Å². The van der Waals surface area contributed by atoms with Gasteiger partial charge in [0.2, 0.25) is 0 Å². The van der Waals surface area contributed by atoms with Crippen LogP contribution in [0, 0.1) is 13.8 Å². The summed E-state index contributed by atoms with van der Waals surface area (Å²) in [6.45, 7) is 4.36. The predicted molar refractivity (Wildman–Crippen MR) is 77.9 cm³/mol. The van der Waals surface area contributed by atoms with Crippen molar-refractivity contribution in [2.45, 2.75) is 26.8 Å². The molecule has 0 atom stereocenters. The van der Waals surface area contributed by atoms with Gasteiger partial charge in [0.15, 0.2) is 0 Å². The molecule has 0 amide bonds. The molecule has 0 spiro atoms. The molecule has 0 saturated heterocycles. The van der Waals surface area contributed by atoms with Crippen molar-refractivity contribution in [3.8, 4) is 0 Å². The molecular weight excluding hydrogens is 260 g/mol. The van der Waals surface area contributed by atoms with E-state index in [2.05, 4.69) is 4.98 Å². The fraction of sp³-hybridized carbons (Fsp3) is 0.333. The summed E-state index contributed by atoms with van der Waals surface area (Å²) in [5, 5.41) is 0. The van der Waals surface area contributed by atoms with Crippen LogP contribution < -0.4 is 5.56 Å². The van der Waals surface area contributed by atoms with Crippen LogP contribution in [0.4, 0.5) is 0 Å². The van der Waals surface area contributed by atoms with Crippen LogP contribution in [0.25, 0.3) is 0 Å². The van der Waals surface area contributed by atoms with Crippen molar-refractivity contribution in [3.05, 3.63) is 63.3 Å². The van der Waals surface area contributed by atoms with Crippen LogP contribution in [0.3, 0.4) is 0 Å². The number of benzene rings is 1. The lowest BCUT2D eigenvalue weighted by atomic mass is 10.1. The smallest absolute Gasteiger partial charge is 0.272 e. The molecule has 1 aromatic carbocycles. The Morgan fingerprint density at radius 3 is 2.53 bits per heavy atom. The second-order valence-corrected chi connectivity index (χ2v) is 4.92. The first-order chi connectivity index (χ1) is 9.13. The Hall–Kier alpha value is -1.61. The molecule has 0 radical (unpaired) electrons. The van der Waals surface area contributed by atoms with E-state index in [0.717, 1.165) is 17.0 Å². The molecule has 0 fully saturated rings. The molecule has 0 aliphatic heterocycles. The Bertz CT molecular complexity index is 620. The van der Waals surface area contributed by atoms with E-state index >= 15 is 0 Å². The number of aryl methyl sites for hydroxylation is 1. The van der Waals surface area contributed by atoms with E-state index in [0.29, 0.717) is 24.5 Å². The summed E-state index contributed by atoms with van der Waals surface area (Å²) in [5.41, 5.74) is 3.41. The van der Waals surface area contributed by atoms with Crippen LogP contribution in [0.1, 0.15) is 22.6 Å². The number of nitrogens with zero attached hydrogens (tertiary/aromatic N) is 2. The lowest BCUT2D eigenvalue weighted by Gasteiger charge is -2.12. The minimum absolute atomic E-state index is 0.0346. The molecule has 0 unspecified atom stereocenters. The number of hydrogen-bond donors (Lipinski definition) is 0. The molecule has 0 saturated carbocycles. The maximum Gasteiger partial charge on any atom is 0.272 e. The van der Waals surface area contributed by atoms with E-state index in [1.165, 1.54) is 0 Å². The molecule has 2 aromatic rings. The maximum atomic E-state index is 12.4. The molecule has 0 aliphatic rings. The molecular formula is C15H17ClN2O. The quantitative estimate of drug-likeness (QED) is 0.805. The van der Waals surface area contributed by atoms with E-state index in [4.69, 9.17) is 11.6 Å². The third kappa shape index (κ3) is 3.04. The van der Waals surface area contributed by atoms with Crippen molar-refractivity contribution in [2.75, 3.05) is 5.88 Å². The molecule has 2 rings (SSSR count). The highest BCUT2D eigenvalue weighted by molar-refractivity contribution is 6.17. The summed E-state index contributed by atoms with van der Waals surface area (Å²) in [4.78, 5) is 16.8. The van der Waals surface area contributed by atoms with Gasteiger partial charge in [-0.05, 0) is 19.4 Å². The predicted octanol–water partition coefficient (Wildman–Crippen LogP) is 2.69. The average molecular weight is 277 g/mol. The first kappa shape index (κ1) is 13.8. The summed E-state index contributed by atoms with van der Waals surface area (Å²) >= 11 is 5.76. The van der Waals surface area contributed by atoms with Gasteiger partial charge in [0, 0.05) is 24.5 Å². The minimum atomic E-state index is -0.0346. The van der Waals surface area contributed by atoms with E-state index in [1.54, 1.807) is 4.57 Å². The third-order valence-corrected chi connectivity index (χ3v) is 3.41. The number of rotatable bonds is 4. The molecule has 19 heavy (non-hydrogen) atoms. The highest BCUT2D eigenvalue weighted by Gasteiger charge is 2.11. The molecule has 1 aromatic heterocycles. The lowest BCUT2D eigenvalue weighted by molar-refractivity contribution is 0.672. The molecule has 3 nitrogen and oxygen atoms in total. The number of halogens is 1. The van der Waals surface area contributed by atoms with Gasteiger partial charge in [0.1, 0.15) is 5.69 Å². The molecule has 0 bridgehead atoms. The highest BCUT2D eigenvalue weighted by atomic mass is 35.5. The summed E-state index contributed by atoms with van der Waals surface area (Å²) in [6.07, 6.45) is 0.559. The minimum Gasteiger partial charge on any atom is -0.308 e. The van der Waals surface area contributed by atoms with Crippen molar-refractivity contribution in [2.24, 2.45) is 0 Å². The van der Waals surface area contributed by atoms with Gasteiger partial charge < -0.3 is 4.57 Å². The zero-order valence-corrected chi connectivity index (χ0v) is 11.9. The zero-order valence-electron chi connectivity index (χ0n) is 11.2. The molecule has 100 valence electrons. The molecule has 0 aliphatic carbocycles. The topological polar surface area (TPSA) is 34.9 Å². The van der Waals surface area contributed by atoms with Crippen LogP contribution in [0.2, 0.25) is 0 Å². The van der Waals surface area contributed by atoms with Crippen LogP contribution >= 0.6 is 11.6 Å². The van der Waals surface area contributed by atoms with Gasteiger partial charge >= 0.3 is 0 Å². The van der Waals surface area contributed by atoms with Gasteiger partial charge in [-0.15, -0.1) is 11.6 Å². The van der Waals surface area contributed by atoms with Crippen molar-refractivity contribution >= 4 is 11.6 Å². The van der Waals surface area contributed by atoms with E-state index in [1.807, 2.05) is 44.2 Å². The zero-order chi connectivity index (χ0) is 13.8. The molecule has 1 heterocycles. The Morgan fingerprint density at radius 1 is 1.21 bits per heavy atom. The fourth-order valence-electron chi connectivity index (χ4n) is 2.09. The monoisotopic (exact) mass is 276 g/mol. The van der Waals surface area contributed by atoms with E-state index in [-0.39, 0.29) is 5.56 Å². The first-order valence-electron chi connectivity index (χ1n) is 6.30. The fourth-order valence-corrected chi connectivity index (χ4v) is 2.26. The van der Waals surface area contributed by atoms with E-state index < -0.39 is 0 Å². The third-order valence-electron chi connectivity index (χ3n) is 3.25. The van der Waals surface area contributed by atoms with Gasteiger partial charge in [0.05, 0.1) is 5.69 Å². The molecule has 0 N–H and O–H groups in total. The van der Waals surface area contributed by atoms with Crippen LogP contribution in [0.5, 0.6) is 0 Å². The maximum absolute atomic E-state index is 12.4. The van der Waals surface area contributed by atoms with Gasteiger partial charge in [-0.1, -0.05) is 30.3 Å². The largest absolute Gasteiger partial charge is 0.308 e. The second-order valence-electron chi connectivity index (χ2n) is 4.54. The highest BCUT2D eigenvalue weighted by Crippen LogP contribution is 2.07. The Morgan fingerprint density at radius 2 is 1.89 bits per heavy atom. The Balaban J connectivity index is 2.44. The van der Waals surface area contributed by atoms with Gasteiger partial charge in [-0.2, -0.15) is 0 Å². The normalized spacial score (nSPS) is 10.7. The number of alkyl halides is 1. The lowest BCUT2D eigenvalue weighted by Crippen LogP contribution is -2.29. The van der Waals surface area contributed by atoms with E-state index in [9.17, 15) is 4.79 Å². The Kier molecular flexibility index (Phi) is 4.38. The number of hydrogen-bond acceptors (Lipinski definition) is 2. The Labute approximate surface area is 117 Å². The number of aromatic nitrogens is 2. The van der Waals surface area contributed by atoms with Crippen molar-refractivity contribution < 1.29 is 0 Å². The van der Waals surface area contributed by atoms with Crippen LogP contribution in [0.15, 0.2) is 35.1 Å². The van der Waals surface area contributed by atoms with Crippen LogP contribution in [-0.2, 0) is 13.0 Å². The first-order valence-corrected chi connectivity index (χ1v) is 6.83. The van der Waals surface area contributed by atoms with Crippen molar-refractivity contribution in [3.63, 3.8) is 0 Å². The van der Waals surface area contributed by atoms with Gasteiger partial charge in [0.25, 0.3) is 5.56 Å². The van der Waals surface area contributed by atoms with Gasteiger partial charge in [-0.25, -0.2) is 0 Å². The summed E-state index contributed by atoms with van der Waals surface area (Å²) in [7, 11) is 0. The summed E-state index contributed by atoms with van der Waals surface area (Å²) in [5.74, 6) is 0.426. The van der Waals surface area contributed by atoms with Crippen molar-refractivity contribution in [1.29, 1.82) is 0 Å².